The zero-order chi connectivity index (χ0) is 10.8. The molecular weight excluding hydrogens is 275 g/mol. The average molecular weight is 290 g/mol. The normalized spacial score (nSPS) is 25.9. The number of rotatable bonds is 2. The van der Waals surface area contributed by atoms with E-state index in [4.69, 9.17) is 11.6 Å². The Hall–Kier alpha value is -0.280. The fourth-order valence-electron chi connectivity index (χ4n) is 2.14. The largest absolute Gasteiger partial charge is 0.366 e. The molecule has 0 aromatic carbocycles. The van der Waals surface area contributed by atoms with Crippen LogP contribution >= 0.6 is 27.5 Å². The zero-order valence-corrected chi connectivity index (χ0v) is 11.0. The molecule has 0 amide bonds. The lowest BCUT2D eigenvalue weighted by molar-refractivity contribution is 0.554. The standard InChI is InChI=1S/C11H14BrClN2/c1-8-3-5-15(11(8)6-12)10-2-4-14-7-9(10)13/h2,4,7-8,11H,3,5-6H2,1H3. The third-order valence-corrected chi connectivity index (χ3v) is 4.06. The van der Waals surface area contributed by atoms with Crippen LogP contribution in [0.4, 0.5) is 5.69 Å². The van der Waals surface area contributed by atoms with Crippen molar-refractivity contribution in [3.05, 3.63) is 23.5 Å². The van der Waals surface area contributed by atoms with E-state index >= 15 is 0 Å². The lowest BCUT2D eigenvalue weighted by atomic mass is 10.1. The molecule has 1 aromatic heterocycles. The van der Waals surface area contributed by atoms with Crippen molar-refractivity contribution in [2.75, 3.05) is 16.8 Å². The molecule has 15 heavy (non-hydrogen) atoms. The minimum absolute atomic E-state index is 0.546. The van der Waals surface area contributed by atoms with E-state index in [9.17, 15) is 0 Å². The SMILES string of the molecule is CC1CCN(c2ccncc2Cl)C1CBr. The molecule has 2 heterocycles. The van der Waals surface area contributed by atoms with Gasteiger partial charge in [-0.2, -0.15) is 0 Å². The van der Waals surface area contributed by atoms with Gasteiger partial charge in [0.2, 0.25) is 0 Å². The van der Waals surface area contributed by atoms with Crippen molar-refractivity contribution >= 4 is 33.2 Å². The van der Waals surface area contributed by atoms with Gasteiger partial charge in [0.1, 0.15) is 0 Å². The lowest BCUT2D eigenvalue weighted by Gasteiger charge is -2.27. The van der Waals surface area contributed by atoms with Crippen molar-refractivity contribution in [2.45, 2.75) is 19.4 Å². The Kier molecular flexibility index (Phi) is 3.52. The average Bonchev–Trinajstić information content (AvgIpc) is 2.60. The molecule has 2 rings (SSSR count). The summed E-state index contributed by atoms with van der Waals surface area (Å²) in [5.41, 5.74) is 1.11. The Morgan fingerprint density at radius 1 is 1.67 bits per heavy atom. The third-order valence-electron chi connectivity index (χ3n) is 3.10. The molecule has 0 N–H and O–H groups in total. The Morgan fingerprint density at radius 3 is 3.13 bits per heavy atom. The minimum Gasteiger partial charge on any atom is -0.366 e. The van der Waals surface area contributed by atoms with Crippen LogP contribution in [-0.2, 0) is 0 Å². The van der Waals surface area contributed by atoms with E-state index in [-0.39, 0.29) is 0 Å². The fraction of sp³-hybridized carbons (Fsp3) is 0.545. The number of aromatic nitrogens is 1. The number of alkyl halides is 1. The second kappa shape index (κ2) is 4.71. The Bertz CT molecular complexity index is 345. The zero-order valence-electron chi connectivity index (χ0n) is 8.66. The van der Waals surface area contributed by atoms with E-state index in [1.54, 1.807) is 12.4 Å². The van der Waals surface area contributed by atoms with Gasteiger partial charge in [-0.15, -0.1) is 0 Å². The van der Waals surface area contributed by atoms with Gasteiger partial charge in [0, 0.05) is 30.3 Å². The van der Waals surface area contributed by atoms with Crippen molar-refractivity contribution in [1.29, 1.82) is 0 Å². The summed E-state index contributed by atoms with van der Waals surface area (Å²) in [4.78, 5) is 6.39. The number of hydrogen-bond acceptors (Lipinski definition) is 2. The maximum atomic E-state index is 6.15. The van der Waals surface area contributed by atoms with Gasteiger partial charge in [0.15, 0.2) is 0 Å². The summed E-state index contributed by atoms with van der Waals surface area (Å²) in [6.45, 7) is 3.38. The van der Waals surface area contributed by atoms with Crippen molar-refractivity contribution in [2.24, 2.45) is 5.92 Å². The maximum Gasteiger partial charge on any atom is 0.0822 e. The summed E-state index contributed by atoms with van der Waals surface area (Å²) < 4.78 is 0. The van der Waals surface area contributed by atoms with Gasteiger partial charge < -0.3 is 4.90 Å². The van der Waals surface area contributed by atoms with Crippen LogP contribution in [0.15, 0.2) is 18.5 Å². The predicted octanol–water partition coefficient (Wildman–Crippen LogP) is 3.34. The molecule has 1 aromatic rings. The first-order valence-electron chi connectivity index (χ1n) is 5.16. The highest BCUT2D eigenvalue weighted by Crippen LogP contribution is 2.34. The summed E-state index contributed by atoms with van der Waals surface area (Å²) in [5.74, 6) is 0.716. The van der Waals surface area contributed by atoms with Gasteiger partial charge in [-0.1, -0.05) is 34.5 Å². The monoisotopic (exact) mass is 288 g/mol. The van der Waals surface area contributed by atoms with Gasteiger partial charge in [0.05, 0.1) is 10.7 Å². The molecular formula is C11H14BrClN2. The summed E-state index contributed by atoms with van der Waals surface area (Å²) in [7, 11) is 0. The summed E-state index contributed by atoms with van der Waals surface area (Å²) >= 11 is 9.73. The van der Waals surface area contributed by atoms with Gasteiger partial charge in [-0.05, 0) is 18.4 Å². The molecule has 0 aliphatic carbocycles. The summed E-state index contributed by atoms with van der Waals surface area (Å²) in [5, 5.41) is 1.74. The van der Waals surface area contributed by atoms with E-state index in [0.29, 0.717) is 12.0 Å². The molecule has 2 unspecified atom stereocenters. The molecule has 0 radical (unpaired) electrons. The smallest absolute Gasteiger partial charge is 0.0822 e. The van der Waals surface area contributed by atoms with Crippen LogP contribution in [0, 0.1) is 5.92 Å². The number of hydrogen-bond donors (Lipinski definition) is 0. The third kappa shape index (κ3) is 2.13. The molecule has 4 heteroatoms. The van der Waals surface area contributed by atoms with Gasteiger partial charge >= 0.3 is 0 Å². The van der Waals surface area contributed by atoms with Crippen molar-refractivity contribution in [3.63, 3.8) is 0 Å². The van der Waals surface area contributed by atoms with E-state index in [1.807, 2.05) is 6.07 Å². The van der Waals surface area contributed by atoms with Crippen LogP contribution in [-0.4, -0.2) is 22.9 Å². The number of pyridine rings is 1. The fourth-order valence-corrected chi connectivity index (χ4v) is 3.36. The molecule has 1 fully saturated rings. The maximum absolute atomic E-state index is 6.15. The molecule has 1 aliphatic rings. The van der Waals surface area contributed by atoms with Crippen LogP contribution in [0.2, 0.25) is 5.02 Å². The first-order valence-corrected chi connectivity index (χ1v) is 6.66. The van der Waals surface area contributed by atoms with Crippen molar-refractivity contribution < 1.29 is 0 Å². The van der Waals surface area contributed by atoms with Gasteiger partial charge in [-0.3, -0.25) is 4.98 Å². The molecule has 2 nitrogen and oxygen atoms in total. The van der Waals surface area contributed by atoms with Crippen LogP contribution < -0.4 is 4.90 Å². The first-order chi connectivity index (χ1) is 7.24. The molecule has 1 saturated heterocycles. The second-order valence-corrected chi connectivity index (χ2v) is 5.06. The van der Waals surface area contributed by atoms with Crippen LogP contribution in [0.1, 0.15) is 13.3 Å². The molecule has 0 bridgehead atoms. The van der Waals surface area contributed by atoms with Crippen molar-refractivity contribution in [1.82, 2.24) is 4.98 Å². The molecule has 82 valence electrons. The number of nitrogens with zero attached hydrogens (tertiary/aromatic N) is 2. The van der Waals surface area contributed by atoms with E-state index in [0.717, 1.165) is 22.6 Å². The van der Waals surface area contributed by atoms with Crippen molar-refractivity contribution in [3.8, 4) is 0 Å². The molecule has 1 aliphatic heterocycles. The Labute approximate surface area is 104 Å². The molecule has 0 saturated carbocycles. The van der Waals surface area contributed by atoms with Gasteiger partial charge in [0.25, 0.3) is 0 Å². The highest BCUT2D eigenvalue weighted by atomic mass is 79.9. The van der Waals surface area contributed by atoms with Crippen LogP contribution in [0.25, 0.3) is 0 Å². The highest BCUT2D eigenvalue weighted by molar-refractivity contribution is 9.09. The van der Waals surface area contributed by atoms with Crippen LogP contribution in [0.5, 0.6) is 0 Å². The highest BCUT2D eigenvalue weighted by Gasteiger charge is 2.31. The molecule has 2 atom stereocenters. The minimum atomic E-state index is 0.546. The Balaban J connectivity index is 2.28. The topological polar surface area (TPSA) is 16.1 Å². The van der Waals surface area contributed by atoms with E-state index < -0.39 is 0 Å². The van der Waals surface area contributed by atoms with Crippen LogP contribution in [0.3, 0.4) is 0 Å². The Morgan fingerprint density at radius 2 is 2.47 bits per heavy atom. The van der Waals surface area contributed by atoms with E-state index in [1.165, 1.54) is 6.42 Å². The first kappa shape index (κ1) is 11.2. The van der Waals surface area contributed by atoms with Gasteiger partial charge in [-0.25, -0.2) is 0 Å². The quantitative estimate of drug-likeness (QED) is 0.776. The second-order valence-electron chi connectivity index (χ2n) is 4.01. The number of anilines is 1. The predicted molar refractivity (Wildman–Crippen MR) is 68.0 cm³/mol. The van der Waals surface area contributed by atoms with E-state index in [2.05, 4.69) is 32.7 Å². The lowest BCUT2D eigenvalue weighted by Crippen LogP contribution is -2.33. The summed E-state index contributed by atoms with van der Waals surface area (Å²) in [6.07, 6.45) is 4.75. The molecule has 0 spiro atoms. The number of halogens is 2. The summed E-state index contributed by atoms with van der Waals surface area (Å²) in [6, 6.07) is 2.54.